The molecule has 1 aliphatic carbocycles. The van der Waals surface area contributed by atoms with E-state index in [0.29, 0.717) is 16.6 Å². The van der Waals surface area contributed by atoms with Crippen LogP contribution in [0.5, 0.6) is 0 Å². The van der Waals surface area contributed by atoms with E-state index in [1.165, 1.54) is 19.2 Å². The van der Waals surface area contributed by atoms with Crippen molar-refractivity contribution in [3.05, 3.63) is 65.0 Å². The highest BCUT2D eigenvalue weighted by molar-refractivity contribution is 5.74. The quantitative estimate of drug-likeness (QED) is 0.352. The largest absolute Gasteiger partial charge is 0.457 e. The van der Waals surface area contributed by atoms with Crippen LogP contribution in [0.3, 0.4) is 0 Å². The molecule has 1 heterocycles. The Hall–Kier alpha value is -2.70. The van der Waals surface area contributed by atoms with Crippen LogP contribution in [0.1, 0.15) is 79.3 Å². The molecule has 6 heteroatoms. The number of rotatable bonds is 11. The molecule has 1 N–H and O–H groups in total. The number of carbonyl (C=O) groups is 1. The molecule has 3 aromatic rings. The van der Waals surface area contributed by atoms with E-state index in [2.05, 4.69) is 9.97 Å². The highest BCUT2D eigenvalue weighted by Crippen LogP contribution is 2.48. The number of nitrogens with one attached hydrogen (secondary N) is 1. The fourth-order valence-corrected chi connectivity index (χ4v) is 4.66. The Balaban J connectivity index is 1.89. The van der Waals surface area contributed by atoms with Crippen LogP contribution in [0, 0.1) is 12.8 Å². The first-order valence-electron chi connectivity index (χ1n) is 18.4. The van der Waals surface area contributed by atoms with E-state index in [9.17, 15) is 7.54 Å². The van der Waals surface area contributed by atoms with Crippen LogP contribution >= 0.6 is 0 Å². The molecular weight excluding hydrogens is 450 g/mol. The van der Waals surface area contributed by atoms with Gasteiger partial charge in [0.1, 0.15) is 18.0 Å². The monoisotopic (exact) mass is 504 g/mol. The van der Waals surface area contributed by atoms with E-state index < -0.39 is 87.8 Å². The molecule has 2 atom stereocenters. The number of benzene rings is 2. The van der Waals surface area contributed by atoms with E-state index in [1.54, 1.807) is 51.1 Å². The van der Waals surface area contributed by atoms with Gasteiger partial charge in [-0.25, -0.2) is 9.78 Å². The predicted octanol–water partition coefficient (Wildman–Crippen LogP) is 5.44. The van der Waals surface area contributed by atoms with Gasteiger partial charge in [-0.1, -0.05) is 49.7 Å². The van der Waals surface area contributed by atoms with Crippen molar-refractivity contribution >= 4 is 17.0 Å². The van der Waals surface area contributed by atoms with Crippen molar-refractivity contribution in [2.24, 2.45) is 5.92 Å². The number of nitrogens with zero attached hydrogens (tertiary/aromatic N) is 2. The highest BCUT2D eigenvalue weighted by Gasteiger charge is 2.47. The fraction of sp³-hybridized carbons (Fsp3) is 0.533. The third-order valence-electron chi connectivity index (χ3n) is 6.15. The Bertz CT molecular complexity index is 1660. The maximum absolute atomic E-state index is 13.2. The van der Waals surface area contributed by atoms with Gasteiger partial charge in [-0.3, -0.25) is 0 Å². The maximum Gasteiger partial charge on any atom is 0.332 e. The number of imidazole rings is 1. The average molecular weight is 505 g/mol. The molecule has 0 spiro atoms. The molecule has 0 saturated carbocycles. The summed E-state index contributed by atoms with van der Waals surface area (Å²) >= 11 is 0. The van der Waals surface area contributed by atoms with Crippen LogP contribution in [0.2, 0.25) is 0 Å². The molecule has 0 fully saturated rings. The lowest BCUT2D eigenvalue weighted by Gasteiger charge is -2.47. The van der Waals surface area contributed by atoms with Gasteiger partial charge in [0.25, 0.3) is 0 Å². The second kappa shape index (κ2) is 11.6. The van der Waals surface area contributed by atoms with Gasteiger partial charge in [0.2, 0.25) is 0 Å². The number of aromatic nitrogens is 2. The van der Waals surface area contributed by atoms with Gasteiger partial charge in [-0.2, -0.15) is 0 Å². The predicted molar refractivity (Wildman–Crippen MR) is 144 cm³/mol. The first-order valence-corrected chi connectivity index (χ1v) is 11.9. The molecule has 1 aromatic heterocycles. The van der Waals surface area contributed by atoms with E-state index in [0.717, 1.165) is 0 Å². The summed E-state index contributed by atoms with van der Waals surface area (Å²) in [6.07, 6.45) is -13.6. The molecule has 36 heavy (non-hydrogen) atoms. The normalized spacial score (nSPS) is 29.4. The number of hydrogen-bond acceptors (Lipinski definition) is 5. The lowest BCUT2D eigenvalue weighted by atomic mass is 9.65. The van der Waals surface area contributed by atoms with Crippen LogP contribution in [-0.2, 0) is 27.0 Å². The summed E-state index contributed by atoms with van der Waals surface area (Å²) in [7, 11) is 1.20. The fourth-order valence-electron chi connectivity index (χ4n) is 4.66. The van der Waals surface area contributed by atoms with Crippen LogP contribution in [0.25, 0.3) is 11.0 Å². The zero-order valence-electron chi connectivity index (χ0n) is 33.9. The second-order valence-corrected chi connectivity index (χ2v) is 9.22. The number of aromatic amines is 1. The Morgan fingerprint density at radius 1 is 1.36 bits per heavy atom. The Morgan fingerprint density at radius 2 is 2.19 bits per heavy atom. The summed E-state index contributed by atoms with van der Waals surface area (Å²) < 4.78 is 125. The minimum absolute atomic E-state index is 0.0213. The summed E-state index contributed by atoms with van der Waals surface area (Å²) in [6, 6.07) is 11.2. The lowest BCUT2D eigenvalue weighted by Crippen LogP contribution is -2.49. The van der Waals surface area contributed by atoms with Gasteiger partial charge in [0.05, 0.1) is 11.0 Å². The van der Waals surface area contributed by atoms with Crippen molar-refractivity contribution in [1.82, 2.24) is 14.9 Å². The minimum atomic E-state index is -3.64. The topological polar surface area (TPSA) is 67.4 Å². The van der Waals surface area contributed by atoms with Crippen LogP contribution < -0.4 is 0 Å². The SMILES string of the molecule is [2H]C([2H])([2H])N(CC[C@]1(OC(=O)COC)[C@@H](C(C)C)c2ccc(C)cc2C([2H])([2H])C1([2H])[2H])C([2H])([2H])C([2H])([2H])C([2H])([2H])c1nc2ccccc2[nH]1. The summed E-state index contributed by atoms with van der Waals surface area (Å²) in [4.78, 5) is 20.0. The smallest absolute Gasteiger partial charge is 0.332 e. The molecule has 1 aliphatic rings. The van der Waals surface area contributed by atoms with E-state index in [1.807, 2.05) is 0 Å². The van der Waals surface area contributed by atoms with E-state index in [-0.39, 0.29) is 16.0 Å². The molecule has 4 rings (SSSR count). The number of aryl methyl sites for hydroxylation is 3. The number of methoxy groups -OCH3 is 1. The van der Waals surface area contributed by atoms with Gasteiger partial charge in [-0.15, -0.1) is 0 Å². The summed E-state index contributed by atoms with van der Waals surface area (Å²) in [6.45, 7) is -3.64. The zero-order chi connectivity index (χ0) is 37.2. The second-order valence-electron chi connectivity index (χ2n) is 9.22. The van der Waals surface area contributed by atoms with Crippen LogP contribution in [0.15, 0.2) is 42.5 Å². The molecule has 2 aromatic carbocycles. The van der Waals surface area contributed by atoms with E-state index in [4.69, 9.17) is 24.6 Å². The van der Waals surface area contributed by atoms with Crippen molar-refractivity contribution in [3.8, 4) is 0 Å². The molecule has 0 saturated heterocycles. The number of esters is 1. The number of ether oxygens (including phenoxy) is 2. The first-order chi connectivity index (χ1) is 22.3. The molecule has 0 unspecified atom stereocenters. The summed E-state index contributed by atoms with van der Waals surface area (Å²) in [5.74, 6) is -3.30. The number of carbonyl (C=O) groups excluding carboxylic acids is 1. The maximum atomic E-state index is 13.2. The van der Waals surface area contributed by atoms with Crippen molar-refractivity contribution in [2.75, 3.05) is 33.7 Å². The zero-order valence-corrected chi connectivity index (χ0v) is 20.9. The standard InChI is InChI=1S/C30H41N3O3/c1-21(2)29-24-13-12-22(3)19-23(24)14-15-30(29,36-28(34)20-35-5)16-18-33(4)17-8-11-27-31-25-9-6-7-10-26(25)32-27/h6-7,9-10,12-13,19,21,29H,8,11,14-18,20H2,1-5H3,(H,31,32)/t29-,30-/m0/s1/i4D3,8D2,11D2,14D2,15D2,17D2. The summed E-state index contributed by atoms with van der Waals surface area (Å²) in [5.41, 5.74) is -0.887. The van der Waals surface area contributed by atoms with Crippen LogP contribution in [-0.4, -0.2) is 60.2 Å². The van der Waals surface area contributed by atoms with Gasteiger partial charge in [0, 0.05) is 50.2 Å². The molecule has 0 radical (unpaired) electrons. The minimum Gasteiger partial charge on any atom is -0.457 e. The Kier molecular flexibility index (Phi) is 4.59. The lowest BCUT2D eigenvalue weighted by molar-refractivity contribution is -0.172. The first kappa shape index (κ1) is 14.3. The summed E-state index contributed by atoms with van der Waals surface area (Å²) in [5, 5.41) is 0. The third kappa shape index (κ3) is 5.98. The number of fused-ring (bicyclic) bond motifs is 2. The third-order valence-corrected chi connectivity index (χ3v) is 6.15. The van der Waals surface area contributed by atoms with Crippen molar-refractivity contribution in [2.45, 2.75) is 64.2 Å². The van der Waals surface area contributed by atoms with Gasteiger partial charge in [-0.05, 0) is 68.7 Å². The van der Waals surface area contributed by atoms with Gasteiger partial charge >= 0.3 is 5.97 Å². The van der Waals surface area contributed by atoms with Crippen molar-refractivity contribution in [1.29, 1.82) is 0 Å². The van der Waals surface area contributed by atoms with Crippen LogP contribution in [0.4, 0.5) is 0 Å². The number of H-pyrrole nitrogens is 1. The number of para-hydroxylation sites is 2. The van der Waals surface area contributed by atoms with Crippen molar-refractivity contribution in [3.63, 3.8) is 0 Å². The molecule has 194 valence electrons. The molecule has 6 nitrogen and oxygen atoms in total. The molecule has 0 aliphatic heterocycles. The Labute approximate surface area is 233 Å². The van der Waals surface area contributed by atoms with Crippen molar-refractivity contribution < 1.29 is 32.1 Å². The average Bonchev–Trinajstić information content (AvgIpc) is 3.41. The van der Waals surface area contributed by atoms with E-state index >= 15 is 0 Å². The van der Waals surface area contributed by atoms with Gasteiger partial charge < -0.3 is 19.4 Å². The number of hydrogen-bond donors (Lipinski definition) is 1. The Morgan fingerprint density at radius 3 is 2.94 bits per heavy atom. The highest BCUT2D eigenvalue weighted by atomic mass is 16.6. The van der Waals surface area contributed by atoms with Gasteiger partial charge in [0.15, 0.2) is 0 Å². The molecule has 0 bridgehead atoms. The molecular formula is C30H41N3O3. The molecule has 0 amide bonds.